The van der Waals surface area contributed by atoms with Crippen molar-refractivity contribution in [2.24, 2.45) is 0 Å². The zero-order valence-electron chi connectivity index (χ0n) is 32.6. The molecule has 51 heavy (non-hydrogen) atoms. The molecule has 0 saturated heterocycles. The molecule has 0 atom stereocenters. The predicted octanol–water partition coefficient (Wildman–Crippen LogP) is 8.13. The standard InChI is InChI=1S/C39H54N10O.Zn/c1-11-17-24-25(18-12-2)33-40-32(24)41-34-26(19-13-3)28(21-15-5)36(43-34)45-38-30(48(8)9)31(49(10)23(7)50)39(47-38)46-37-29(22-16-6)27(20-14-4)35(42-33)44-37;/h11-22H2,1-10H3;/q-2;+2. The van der Waals surface area contributed by atoms with Gasteiger partial charge in [0.1, 0.15) is 0 Å². The molecule has 5 rings (SSSR count). The molecule has 0 fully saturated rings. The average Bonchev–Trinajstić information content (AvgIpc) is 3.78. The van der Waals surface area contributed by atoms with E-state index >= 15 is 0 Å². The van der Waals surface area contributed by atoms with Gasteiger partial charge in [-0.2, -0.15) is 0 Å². The van der Waals surface area contributed by atoms with Crippen molar-refractivity contribution >= 4 is 62.2 Å². The fraction of sp³-hybridized carbons (Fsp3) is 0.564. The number of aryl methyl sites for hydroxylation is 2. The van der Waals surface area contributed by atoms with Crippen LogP contribution in [0.5, 0.6) is 0 Å². The summed E-state index contributed by atoms with van der Waals surface area (Å²) in [7, 11) is 5.64. The first kappa shape index (κ1) is 40.0. The molecule has 268 valence electrons. The van der Waals surface area contributed by atoms with E-state index in [0.29, 0.717) is 57.3 Å². The summed E-state index contributed by atoms with van der Waals surface area (Å²) in [4.78, 5) is 57.9. The normalized spacial score (nSPS) is 12.8. The van der Waals surface area contributed by atoms with Crippen LogP contribution in [0.1, 0.15) is 147 Å². The minimum absolute atomic E-state index is 0. The number of anilines is 2. The van der Waals surface area contributed by atoms with Crippen molar-refractivity contribution in [1.82, 2.24) is 39.9 Å². The maximum atomic E-state index is 13.0. The van der Waals surface area contributed by atoms with E-state index in [0.717, 1.165) is 110 Å². The molecule has 0 aromatic carbocycles. The van der Waals surface area contributed by atoms with Gasteiger partial charge in [-0.05, 0) is 71.9 Å². The van der Waals surface area contributed by atoms with E-state index < -0.39 is 0 Å². The summed E-state index contributed by atoms with van der Waals surface area (Å²) in [5, 5.41) is 0. The number of aromatic nitrogens is 8. The molecule has 12 heteroatoms. The molecule has 0 unspecified atom stereocenters. The fourth-order valence-corrected chi connectivity index (χ4v) is 7.00. The zero-order valence-corrected chi connectivity index (χ0v) is 35.5. The van der Waals surface area contributed by atoms with Gasteiger partial charge in [-0.15, -0.1) is 0 Å². The number of fused-ring (bicyclic) bond motifs is 8. The topological polar surface area (TPSA) is 129 Å². The molecule has 0 aliphatic carbocycles. The van der Waals surface area contributed by atoms with Gasteiger partial charge in [0.05, 0.1) is 34.7 Å². The number of rotatable bonds is 14. The van der Waals surface area contributed by atoms with Crippen LogP contribution in [0.2, 0.25) is 0 Å². The van der Waals surface area contributed by atoms with Gasteiger partial charge in [-0.25, -0.2) is 9.97 Å². The van der Waals surface area contributed by atoms with Gasteiger partial charge >= 0.3 is 19.5 Å². The minimum Gasteiger partial charge on any atom is -0.375 e. The fourth-order valence-electron chi connectivity index (χ4n) is 7.00. The van der Waals surface area contributed by atoms with Gasteiger partial charge < -0.3 is 39.7 Å². The van der Waals surface area contributed by atoms with Crippen LogP contribution in [-0.4, -0.2) is 57.0 Å². The van der Waals surface area contributed by atoms with Crippen molar-refractivity contribution < 1.29 is 24.3 Å². The third-order valence-corrected chi connectivity index (χ3v) is 9.31. The Hall–Kier alpha value is -3.79. The van der Waals surface area contributed by atoms with Crippen LogP contribution in [-0.2, 0) is 37.1 Å². The van der Waals surface area contributed by atoms with Crippen LogP contribution >= 0.6 is 0 Å². The molecular weight excluding hydrogens is 690 g/mol. The van der Waals surface area contributed by atoms with Crippen LogP contribution in [0.25, 0.3) is 44.9 Å². The van der Waals surface area contributed by atoms with E-state index in [1.54, 1.807) is 18.9 Å². The Balaban J connectivity index is 0.00000583. The smallest absolute Gasteiger partial charge is 0.375 e. The summed E-state index contributed by atoms with van der Waals surface area (Å²) in [5.74, 6) is 2.39. The number of nitrogens with zero attached hydrogens (tertiary/aromatic N) is 10. The molecule has 0 N–H and O–H groups in total. The average molecular weight is 744 g/mol. The predicted molar refractivity (Wildman–Crippen MR) is 205 cm³/mol. The van der Waals surface area contributed by atoms with E-state index in [1.807, 2.05) is 19.0 Å². The molecule has 8 bridgehead atoms. The van der Waals surface area contributed by atoms with E-state index in [9.17, 15) is 4.79 Å². The molecule has 2 aliphatic rings. The minimum atomic E-state index is -0.130. The van der Waals surface area contributed by atoms with Crippen molar-refractivity contribution in [2.75, 3.05) is 30.9 Å². The van der Waals surface area contributed by atoms with Crippen LogP contribution in [0.15, 0.2) is 0 Å². The van der Waals surface area contributed by atoms with Crippen molar-refractivity contribution in [2.45, 2.75) is 126 Å². The van der Waals surface area contributed by atoms with Gasteiger partial charge in [0.15, 0.2) is 0 Å². The third kappa shape index (κ3) is 8.01. The van der Waals surface area contributed by atoms with Crippen LogP contribution in [0, 0.1) is 0 Å². The Morgan fingerprint density at radius 1 is 0.490 bits per heavy atom. The van der Waals surface area contributed by atoms with E-state index in [2.05, 4.69) is 41.5 Å². The summed E-state index contributed by atoms with van der Waals surface area (Å²) >= 11 is 0. The second-order valence-corrected chi connectivity index (χ2v) is 13.5. The van der Waals surface area contributed by atoms with Crippen molar-refractivity contribution in [3.63, 3.8) is 0 Å². The third-order valence-electron chi connectivity index (χ3n) is 9.31. The largest absolute Gasteiger partial charge is 2.00 e. The SMILES string of the molecule is CCCC1=C(CCC)c2nc1nc1[n-]c(nc3nc(nc4[n-]c(n2)c(N(C)C)c4N(C)C(C)=O)C(CCC)=C3CCC)c(CCC)c1CCC.[Zn+2]. The molecule has 0 radical (unpaired) electrons. The van der Waals surface area contributed by atoms with Gasteiger partial charge in [0, 0.05) is 50.7 Å². The first-order chi connectivity index (χ1) is 24.1. The van der Waals surface area contributed by atoms with Crippen LogP contribution in [0.3, 0.4) is 0 Å². The molecule has 3 aromatic heterocycles. The Kier molecular flexibility index (Phi) is 13.8. The Morgan fingerprint density at radius 2 is 0.804 bits per heavy atom. The van der Waals surface area contributed by atoms with Crippen LogP contribution < -0.4 is 19.8 Å². The molecule has 3 aromatic rings. The Labute approximate surface area is 316 Å². The first-order valence-electron chi connectivity index (χ1n) is 18.7. The van der Waals surface area contributed by atoms with Gasteiger partial charge in [-0.1, -0.05) is 80.1 Å². The molecular formula is C39H54N10OZn. The number of allylic oxidation sites excluding steroid dienone is 4. The first-order valence-corrected chi connectivity index (χ1v) is 18.7. The van der Waals surface area contributed by atoms with E-state index in [-0.39, 0.29) is 25.4 Å². The number of carbonyl (C=O) groups excluding carboxylic acids is 1. The molecule has 0 spiro atoms. The summed E-state index contributed by atoms with van der Waals surface area (Å²) < 4.78 is 0. The summed E-state index contributed by atoms with van der Waals surface area (Å²) in [6.45, 7) is 14.6. The van der Waals surface area contributed by atoms with Crippen molar-refractivity contribution in [1.29, 1.82) is 0 Å². The second kappa shape index (κ2) is 17.6. The van der Waals surface area contributed by atoms with Crippen molar-refractivity contribution in [3.05, 3.63) is 34.4 Å². The molecule has 5 heterocycles. The summed E-state index contributed by atoms with van der Waals surface area (Å²) in [6.07, 6.45) is 10.6. The van der Waals surface area contributed by atoms with Gasteiger partial charge in [-0.3, -0.25) is 4.79 Å². The van der Waals surface area contributed by atoms with Gasteiger partial charge in [0.2, 0.25) is 5.91 Å². The number of carbonyl (C=O) groups is 1. The monoisotopic (exact) mass is 742 g/mol. The molecule has 2 aliphatic heterocycles. The zero-order chi connectivity index (χ0) is 36.1. The molecule has 0 saturated carbocycles. The maximum Gasteiger partial charge on any atom is 2.00 e. The van der Waals surface area contributed by atoms with Gasteiger partial charge in [0.25, 0.3) is 0 Å². The summed E-state index contributed by atoms with van der Waals surface area (Å²) in [6, 6.07) is 0. The van der Waals surface area contributed by atoms with Crippen LogP contribution in [0.4, 0.5) is 11.4 Å². The maximum absolute atomic E-state index is 13.0. The number of amides is 1. The Morgan fingerprint density at radius 3 is 1.12 bits per heavy atom. The Bertz CT molecular complexity index is 1970. The summed E-state index contributed by atoms with van der Waals surface area (Å²) in [5.41, 5.74) is 10.2. The van der Waals surface area contributed by atoms with Crippen molar-refractivity contribution in [3.8, 4) is 0 Å². The van der Waals surface area contributed by atoms with E-state index in [1.165, 1.54) is 0 Å². The van der Waals surface area contributed by atoms with E-state index in [4.69, 9.17) is 39.9 Å². The molecule has 11 nitrogen and oxygen atoms in total. The molecule has 1 amide bonds. The number of hydrogen-bond donors (Lipinski definition) is 0. The quantitative estimate of drug-likeness (QED) is 0.149. The number of hydrogen-bond acceptors (Lipinski definition) is 8. The second-order valence-electron chi connectivity index (χ2n) is 13.5.